The molecule has 0 spiro atoms. The van der Waals surface area contributed by atoms with E-state index in [1.165, 1.54) is 0 Å². The van der Waals surface area contributed by atoms with Gasteiger partial charge in [-0.1, -0.05) is 11.6 Å². The van der Waals surface area contributed by atoms with Gasteiger partial charge in [-0.15, -0.1) is 0 Å². The van der Waals surface area contributed by atoms with Crippen molar-refractivity contribution in [3.8, 4) is 0 Å². The maximum absolute atomic E-state index is 10.5. The number of nitrogens with zero attached hydrogens (tertiary/aromatic N) is 2. The monoisotopic (exact) mass is 287 g/mol. The van der Waals surface area contributed by atoms with Crippen LogP contribution in [-0.4, -0.2) is 32.6 Å². The number of aliphatic hydroxyl groups is 1. The Kier molecular flexibility index (Phi) is 5.04. The standard InChI is InChI=1S/C14H26ClN3O/c1-10-11(12(15)18(6)17-10)9-14(5,19)7-8-16-13(2,3)4/h16,19H,7-9H2,1-6H3. The molecule has 1 unspecified atom stereocenters. The highest BCUT2D eigenvalue weighted by Gasteiger charge is 2.25. The zero-order valence-corrected chi connectivity index (χ0v) is 13.6. The molecular weight excluding hydrogens is 262 g/mol. The van der Waals surface area contributed by atoms with E-state index in [4.69, 9.17) is 11.6 Å². The Morgan fingerprint density at radius 3 is 2.32 bits per heavy atom. The largest absolute Gasteiger partial charge is 0.390 e. The van der Waals surface area contributed by atoms with E-state index >= 15 is 0 Å². The van der Waals surface area contributed by atoms with Crippen molar-refractivity contribution in [2.45, 2.75) is 58.6 Å². The Morgan fingerprint density at radius 1 is 1.32 bits per heavy atom. The van der Waals surface area contributed by atoms with Gasteiger partial charge in [0.2, 0.25) is 0 Å². The van der Waals surface area contributed by atoms with Crippen molar-refractivity contribution in [2.24, 2.45) is 7.05 Å². The summed E-state index contributed by atoms with van der Waals surface area (Å²) < 4.78 is 1.65. The second-order valence-electron chi connectivity index (χ2n) is 6.58. The summed E-state index contributed by atoms with van der Waals surface area (Å²) in [5, 5.41) is 18.8. The lowest BCUT2D eigenvalue weighted by Gasteiger charge is -2.27. The molecule has 0 bridgehead atoms. The van der Waals surface area contributed by atoms with Crippen LogP contribution in [0.25, 0.3) is 0 Å². The van der Waals surface area contributed by atoms with Gasteiger partial charge in [-0.2, -0.15) is 5.10 Å². The van der Waals surface area contributed by atoms with Gasteiger partial charge in [-0.25, -0.2) is 0 Å². The molecule has 19 heavy (non-hydrogen) atoms. The first-order valence-corrected chi connectivity index (χ1v) is 7.05. The van der Waals surface area contributed by atoms with Crippen LogP contribution in [0, 0.1) is 6.92 Å². The van der Waals surface area contributed by atoms with E-state index in [0.717, 1.165) is 17.8 Å². The molecule has 0 aliphatic carbocycles. The zero-order valence-electron chi connectivity index (χ0n) is 12.8. The van der Waals surface area contributed by atoms with Gasteiger partial charge >= 0.3 is 0 Å². The summed E-state index contributed by atoms with van der Waals surface area (Å²) in [4.78, 5) is 0. The number of hydrogen-bond donors (Lipinski definition) is 2. The van der Waals surface area contributed by atoms with Crippen LogP contribution in [-0.2, 0) is 13.5 Å². The van der Waals surface area contributed by atoms with Crippen molar-refractivity contribution in [1.29, 1.82) is 0 Å². The van der Waals surface area contributed by atoms with E-state index in [2.05, 4.69) is 31.2 Å². The summed E-state index contributed by atoms with van der Waals surface area (Å²) in [7, 11) is 1.81. The lowest BCUT2D eigenvalue weighted by molar-refractivity contribution is 0.0498. The number of halogens is 1. The Labute approximate surface area is 121 Å². The predicted octanol–water partition coefficient (Wildman–Crippen LogP) is 2.45. The van der Waals surface area contributed by atoms with Gasteiger partial charge in [0.15, 0.2) is 0 Å². The second-order valence-corrected chi connectivity index (χ2v) is 6.94. The molecule has 0 saturated heterocycles. The van der Waals surface area contributed by atoms with Crippen LogP contribution in [0.1, 0.15) is 45.4 Å². The maximum Gasteiger partial charge on any atom is 0.130 e. The fraction of sp³-hybridized carbons (Fsp3) is 0.786. The molecule has 0 saturated carbocycles. The first-order valence-electron chi connectivity index (χ1n) is 6.67. The van der Waals surface area contributed by atoms with E-state index in [9.17, 15) is 5.11 Å². The number of nitrogens with one attached hydrogen (secondary N) is 1. The Balaban J connectivity index is 2.64. The summed E-state index contributed by atoms with van der Waals surface area (Å²) in [6, 6.07) is 0. The summed E-state index contributed by atoms with van der Waals surface area (Å²) >= 11 is 6.20. The molecule has 1 rings (SSSR count). The number of aryl methyl sites for hydroxylation is 2. The smallest absolute Gasteiger partial charge is 0.130 e. The highest BCUT2D eigenvalue weighted by Crippen LogP contribution is 2.25. The normalized spacial score (nSPS) is 15.6. The molecule has 1 heterocycles. The van der Waals surface area contributed by atoms with Crippen molar-refractivity contribution < 1.29 is 5.11 Å². The van der Waals surface area contributed by atoms with Gasteiger partial charge in [0, 0.05) is 24.6 Å². The van der Waals surface area contributed by atoms with Crippen LogP contribution in [0.5, 0.6) is 0 Å². The Bertz CT molecular complexity index is 433. The third-order valence-corrected chi connectivity index (χ3v) is 3.62. The van der Waals surface area contributed by atoms with Gasteiger partial charge in [0.25, 0.3) is 0 Å². The van der Waals surface area contributed by atoms with Gasteiger partial charge < -0.3 is 10.4 Å². The average molecular weight is 288 g/mol. The molecule has 5 heteroatoms. The van der Waals surface area contributed by atoms with Crippen molar-refractivity contribution in [3.05, 3.63) is 16.4 Å². The molecule has 2 N–H and O–H groups in total. The number of aromatic nitrogens is 2. The third kappa shape index (κ3) is 5.13. The first-order chi connectivity index (χ1) is 8.52. The van der Waals surface area contributed by atoms with Crippen LogP contribution in [0.4, 0.5) is 0 Å². The molecule has 0 aliphatic heterocycles. The molecule has 0 radical (unpaired) electrons. The summed E-state index contributed by atoms with van der Waals surface area (Å²) in [6.07, 6.45) is 1.20. The minimum Gasteiger partial charge on any atom is -0.390 e. The van der Waals surface area contributed by atoms with Crippen molar-refractivity contribution in [3.63, 3.8) is 0 Å². The highest BCUT2D eigenvalue weighted by atomic mass is 35.5. The molecule has 0 amide bonds. The Morgan fingerprint density at radius 2 is 1.89 bits per heavy atom. The van der Waals surface area contributed by atoms with E-state index in [1.54, 1.807) is 4.68 Å². The van der Waals surface area contributed by atoms with Crippen LogP contribution < -0.4 is 5.32 Å². The third-order valence-electron chi connectivity index (χ3n) is 3.15. The molecule has 110 valence electrons. The fourth-order valence-electron chi connectivity index (χ4n) is 2.05. The minimum absolute atomic E-state index is 0.0674. The van der Waals surface area contributed by atoms with Gasteiger partial charge in [0.1, 0.15) is 5.15 Å². The molecule has 1 aromatic heterocycles. The molecule has 1 atom stereocenters. The molecule has 1 aromatic rings. The van der Waals surface area contributed by atoms with Crippen LogP contribution in [0.15, 0.2) is 0 Å². The topological polar surface area (TPSA) is 50.1 Å². The van der Waals surface area contributed by atoms with E-state index in [1.807, 2.05) is 20.9 Å². The van der Waals surface area contributed by atoms with Gasteiger partial charge in [-0.05, 0) is 47.6 Å². The second kappa shape index (κ2) is 5.81. The predicted molar refractivity (Wildman–Crippen MR) is 79.7 cm³/mol. The highest BCUT2D eigenvalue weighted by molar-refractivity contribution is 6.30. The van der Waals surface area contributed by atoms with Crippen LogP contribution >= 0.6 is 11.6 Å². The molecule has 0 fully saturated rings. The fourth-order valence-corrected chi connectivity index (χ4v) is 2.29. The van der Waals surface area contributed by atoms with Crippen molar-refractivity contribution >= 4 is 11.6 Å². The Hall–Kier alpha value is -0.580. The van der Waals surface area contributed by atoms with E-state index < -0.39 is 5.60 Å². The molecule has 4 nitrogen and oxygen atoms in total. The molecule has 0 aromatic carbocycles. The van der Waals surface area contributed by atoms with Crippen LogP contribution in [0.3, 0.4) is 0 Å². The molecule has 0 aliphatic rings. The summed E-state index contributed by atoms with van der Waals surface area (Å²) in [5.74, 6) is 0. The van der Waals surface area contributed by atoms with E-state index in [0.29, 0.717) is 18.0 Å². The summed E-state index contributed by atoms with van der Waals surface area (Å²) in [5.41, 5.74) is 1.11. The summed E-state index contributed by atoms with van der Waals surface area (Å²) in [6.45, 7) is 10.9. The van der Waals surface area contributed by atoms with Crippen molar-refractivity contribution in [1.82, 2.24) is 15.1 Å². The van der Waals surface area contributed by atoms with Gasteiger partial charge in [0.05, 0.1) is 11.3 Å². The molecular formula is C14H26ClN3O. The minimum atomic E-state index is -0.782. The zero-order chi connectivity index (χ0) is 14.8. The van der Waals surface area contributed by atoms with Crippen molar-refractivity contribution in [2.75, 3.05) is 6.54 Å². The SMILES string of the molecule is Cc1nn(C)c(Cl)c1CC(C)(O)CCNC(C)(C)C. The maximum atomic E-state index is 10.5. The number of hydrogen-bond acceptors (Lipinski definition) is 3. The van der Waals surface area contributed by atoms with E-state index in [-0.39, 0.29) is 5.54 Å². The van der Waals surface area contributed by atoms with Crippen LogP contribution in [0.2, 0.25) is 5.15 Å². The number of rotatable bonds is 5. The first kappa shape index (κ1) is 16.5. The lowest BCUT2D eigenvalue weighted by Crippen LogP contribution is -2.40. The lowest BCUT2D eigenvalue weighted by atomic mass is 9.93. The quantitative estimate of drug-likeness (QED) is 0.875. The van der Waals surface area contributed by atoms with Gasteiger partial charge in [-0.3, -0.25) is 4.68 Å². The average Bonchev–Trinajstić information content (AvgIpc) is 2.42.